The summed E-state index contributed by atoms with van der Waals surface area (Å²) in [7, 11) is 1.61. The number of piperazine rings is 1. The lowest BCUT2D eigenvalue weighted by molar-refractivity contribution is 0.0746. The van der Waals surface area contributed by atoms with Gasteiger partial charge in [-0.3, -0.25) is 9.59 Å². The van der Waals surface area contributed by atoms with Crippen molar-refractivity contribution in [2.45, 2.75) is 0 Å². The second kappa shape index (κ2) is 10.9. The number of carbonyl (C=O) groups excluding carboxylic acids is 2. The molecule has 2 heterocycles. The smallest absolute Gasteiger partial charge is 0.291 e. The number of ether oxygens (including phenoxy) is 1. The number of halogens is 1. The number of furan rings is 1. The molecule has 1 saturated heterocycles. The van der Waals surface area contributed by atoms with E-state index in [0.29, 0.717) is 30.1 Å². The first-order valence-corrected chi connectivity index (χ1v) is 12.7. The molecule has 5 rings (SSSR count). The minimum absolute atomic E-state index is 0.0292. The number of carbonyl (C=O) groups is 2. The van der Waals surface area contributed by atoms with E-state index in [1.54, 1.807) is 43.5 Å². The molecular weight excluding hydrogens is 534 g/mol. The third-order valence-corrected chi connectivity index (χ3v) is 6.88. The topological polar surface area (TPSA) is 75.0 Å². The van der Waals surface area contributed by atoms with E-state index in [1.807, 2.05) is 53.4 Å². The average Bonchev–Trinajstić information content (AvgIpc) is 3.44. The molecule has 1 aliphatic rings. The lowest BCUT2D eigenvalue weighted by Crippen LogP contribution is -2.48. The van der Waals surface area contributed by atoms with Gasteiger partial charge < -0.3 is 24.3 Å². The van der Waals surface area contributed by atoms with Crippen LogP contribution >= 0.6 is 15.9 Å². The van der Waals surface area contributed by atoms with Crippen molar-refractivity contribution in [2.75, 3.05) is 43.5 Å². The highest BCUT2D eigenvalue weighted by molar-refractivity contribution is 9.10. The Morgan fingerprint density at radius 3 is 2.16 bits per heavy atom. The first-order valence-electron chi connectivity index (χ1n) is 12.0. The number of benzene rings is 3. The van der Waals surface area contributed by atoms with Gasteiger partial charge in [-0.1, -0.05) is 28.1 Å². The molecule has 8 heteroatoms. The van der Waals surface area contributed by atoms with Crippen molar-refractivity contribution in [1.82, 2.24) is 4.90 Å². The minimum atomic E-state index is -0.304. The van der Waals surface area contributed by atoms with E-state index in [-0.39, 0.29) is 17.6 Å². The van der Waals surface area contributed by atoms with Gasteiger partial charge in [0.05, 0.1) is 7.11 Å². The van der Waals surface area contributed by atoms with Gasteiger partial charge in [-0.05, 0) is 72.8 Å². The van der Waals surface area contributed by atoms with Crippen molar-refractivity contribution in [3.63, 3.8) is 0 Å². The van der Waals surface area contributed by atoms with E-state index in [2.05, 4.69) is 26.1 Å². The van der Waals surface area contributed by atoms with Gasteiger partial charge in [0.1, 0.15) is 11.5 Å². The summed E-state index contributed by atoms with van der Waals surface area (Å²) in [5, 5.41) is 2.89. The Balaban J connectivity index is 1.15. The largest absolute Gasteiger partial charge is 0.497 e. The lowest BCUT2D eigenvalue weighted by Gasteiger charge is -2.36. The second-order valence-electron chi connectivity index (χ2n) is 8.68. The van der Waals surface area contributed by atoms with Crippen molar-refractivity contribution in [3.05, 3.63) is 101 Å². The molecule has 0 spiro atoms. The van der Waals surface area contributed by atoms with Crippen molar-refractivity contribution in [2.24, 2.45) is 0 Å². The highest BCUT2D eigenvalue weighted by Crippen LogP contribution is 2.25. The fraction of sp³-hybridized carbons (Fsp3) is 0.172. The van der Waals surface area contributed by atoms with E-state index >= 15 is 0 Å². The van der Waals surface area contributed by atoms with Crippen LogP contribution in [-0.4, -0.2) is 50.0 Å². The molecule has 0 aliphatic carbocycles. The number of anilines is 2. The van der Waals surface area contributed by atoms with Crippen LogP contribution in [0.5, 0.6) is 5.75 Å². The molecule has 1 fully saturated rings. The average molecular weight is 560 g/mol. The van der Waals surface area contributed by atoms with E-state index in [4.69, 9.17) is 9.15 Å². The van der Waals surface area contributed by atoms with Gasteiger partial charge >= 0.3 is 0 Å². The summed E-state index contributed by atoms with van der Waals surface area (Å²) in [6.07, 6.45) is 0. The molecule has 1 N–H and O–H groups in total. The minimum Gasteiger partial charge on any atom is -0.497 e. The third-order valence-electron chi connectivity index (χ3n) is 6.35. The third kappa shape index (κ3) is 5.70. The Bertz CT molecular complexity index is 1370. The molecule has 4 aromatic rings. The summed E-state index contributed by atoms with van der Waals surface area (Å²) in [6, 6.07) is 26.1. The molecule has 2 amide bonds. The van der Waals surface area contributed by atoms with Crippen molar-refractivity contribution >= 4 is 39.1 Å². The molecule has 0 bridgehead atoms. The van der Waals surface area contributed by atoms with E-state index in [0.717, 1.165) is 34.6 Å². The standard InChI is InChI=1S/C29H26BrN3O4/c1-36-25-12-4-21(5-13-25)29(35)33-18-16-32(17-19-33)24-10-8-23(9-11-24)31-28(34)27-15-14-26(37-27)20-2-6-22(30)7-3-20/h2-15H,16-19H2,1H3,(H,31,34). The van der Waals surface area contributed by atoms with Crippen molar-refractivity contribution < 1.29 is 18.7 Å². The summed E-state index contributed by atoms with van der Waals surface area (Å²) in [4.78, 5) is 29.6. The van der Waals surface area contributed by atoms with E-state index in [9.17, 15) is 9.59 Å². The zero-order valence-corrected chi connectivity index (χ0v) is 21.9. The zero-order chi connectivity index (χ0) is 25.8. The van der Waals surface area contributed by atoms with Gasteiger partial charge in [0.15, 0.2) is 5.76 Å². The molecule has 0 unspecified atom stereocenters. The van der Waals surface area contributed by atoms with Gasteiger partial charge in [-0.25, -0.2) is 0 Å². The molecule has 0 radical (unpaired) electrons. The van der Waals surface area contributed by atoms with Crippen molar-refractivity contribution in [1.29, 1.82) is 0 Å². The van der Waals surface area contributed by atoms with Crippen LogP contribution < -0.4 is 15.0 Å². The first kappa shape index (κ1) is 24.6. The fourth-order valence-corrected chi connectivity index (χ4v) is 4.53. The van der Waals surface area contributed by atoms with Crippen LogP contribution in [0.15, 0.2) is 93.8 Å². The maximum absolute atomic E-state index is 12.8. The van der Waals surface area contributed by atoms with Crippen LogP contribution in [-0.2, 0) is 0 Å². The molecule has 7 nitrogen and oxygen atoms in total. The maximum Gasteiger partial charge on any atom is 0.291 e. The molecule has 1 aromatic heterocycles. The van der Waals surface area contributed by atoms with Gasteiger partial charge in [0.25, 0.3) is 11.8 Å². The summed E-state index contributed by atoms with van der Waals surface area (Å²) >= 11 is 3.42. The van der Waals surface area contributed by atoms with Crippen LogP contribution in [0, 0.1) is 0 Å². The predicted octanol–water partition coefficient (Wildman–Crippen LogP) is 5.93. The number of nitrogens with zero attached hydrogens (tertiary/aromatic N) is 2. The Labute approximate surface area is 223 Å². The quantitative estimate of drug-likeness (QED) is 0.316. The van der Waals surface area contributed by atoms with Gasteiger partial charge in [-0.15, -0.1) is 0 Å². The first-order chi connectivity index (χ1) is 18.0. The Morgan fingerprint density at radius 1 is 0.838 bits per heavy atom. The number of hydrogen-bond acceptors (Lipinski definition) is 5. The Hall–Kier alpha value is -4.04. The molecule has 0 saturated carbocycles. The molecule has 37 heavy (non-hydrogen) atoms. The van der Waals surface area contributed by atoms with E-state index < -0.39 is 0 Å². The maximum atomic E-state index is 12.8. The normalized spacial score (nSPS) is 13.4. The second-order valence-corrected chi connectivity index (χ2v) is 9.60. The highest BCUT2D eigenvalue weighted by Gasteiger charge is 2.22. The number of methoxy groups -OCH3 is 1. The van der Waals surface area contributed by atoms with Gasteiger partial charge in [0.2, 0.25) is 0 Å². The molecular formula is C29H26BrN3O4. The van der Waals surface area contributed by atoms with Crippen LogP contribution in [0.4, 0.5) is 11.4 Å². The number of nitrogens with one attached hydrogen (secondary N) is 1. The summed E-state index contributed by atoms with van der Waals surface area (Å²) in [6.45, 7) is 2.75. The summed E-state index contributed by atoms with van der Waals surface area (Å²) < 4.78 is 11.9. The Morgan fingerprint density at radius 2 is 1.51 bits per heavy atom. The molecule has 1 aliphatic heterocycles. The summed E-state index contributed by atoms with van der Waals surface area (Å²) in [5.41, 5.74) is 3.29. The van der Waals surface area contributed by atoms with E-state index in [1.165, 1.54) is 0 Å². The monoisotopic (exact) mass is 559 g/mol. The lowest BCUT2D eigenvalue weighted by atomic mass is 10.1. The van der Waals surface area contributed by atoms with Crippen LogP contribution in [0.3, 0.4) is 0 Å². The van der Waals surface area contributed by atoms with Crippen LogP contribution in [0.2, 0.25) is 0 Å². The number of amides is 2. The number of rotatable bonds is 6. The number of hydrogen-bond donors (Lipinski definition) is 1. The Kier molecular flexibility index (Phi) is 7.28. The molecule has 0 atom stereocenters. The summed E-state index contributed by atoms with van der Waals surface area (Å²) in [5.74, 6) is 1.34. The van der Waals surface area contributed by atoms with Gasteiger partial charge in [0, 0.05) is 53.2 Å². The zero-order valence-electron chi connectivity index (χ0n) is 20.3. The fourth-order valence-electron chi connectivity index (χ4n) is 4.26. The SMILES string of the molecule is COc1ccc(C(=O)N2CCN(c3ccc(NC(=O)c4ccc(-c5ccc(Br)cc5)o4)cc3)CC2)cc1. The van der Waals surface area contributed by atoms with Gasteiger partial charge in [-0.2, -0.15) is 0 Å². The van der Waals surface area contributed by atoms with Crippen LogP contribution in [0.25, 0.3) is 11.3 Å². The van der Waals surface area contributed by atoms with Crippen molar-refractivity contribution in [3.8, 4) is 17.1 Å². The highest BCUT2D eigenvalue weighted by atomic mass is 79.9. The predicted molar refractivity (Wildman–Crippen MR) is 147 cm³/mol. The van der Waals surface area contributed by atoms with Crippen LogP contribution in [0.1, 0.15) is 20.9 Å². The molecule has 188 valence electrons. The molecule has 3 aromatic carbocycles.